The molecule has 102 valence electrons. The topological polar surface area (TPSA) is 29.9 Å². The lowest BCUT2D eigenvalue weighted by molar-refractivity contribution is 0.474. The van der Waals surface area contributed by atoms with Crippen molar-refractivity contribution in [2.75, 3.05) is 13.1 Å². The molecule has 1 rings (SSSR count). The summed E-state index contributed by atoms with van der Waals surface area (Å²) in [5.74, 6) is 0. The number of aromatic nitrogens is 2. The Bertz CT molecular complexity index is 366. The quantitative estimate of drug-likeness (QED) is 0.565. The molecule has 3 heteroatoms. The molecular weight excluding hydrogens is 222 g/mol. The molecule has 1 unspecified atom stereocenters. The molecule has 0 aromatic carbocycles. The van der Waals surface area contributed by atoms with Crippen molar-refractivity contribution in [1.29, 1.82) is 0 Å². The van der Waals surface area contributed by atoms with Crippen LogP contribution in [0.2, 0.25) is 0 Å². The van der Waals surface area contributed by atoms with Crippen LogP contribution in [0.4, 0.5) is 0 Å². The van der Waals surface area contributed by atoms with Crippen LogP contribution in [0.5, 0.6) is 0 Å². The van der Waals surface area contributed by atoms with E-state index in [-0.39, 0.29) is 0 Å². The van der Waals surface area contributed by atoms with Gasteiger partial charge in [-0.25, -0.2) is 0 Å². The van der Waals surface area contributed by atoms with E-state index in [1.165, 1.54) is 11.3 Å². The van der Waals surface area contributed by atoms with Crippen molar-refractivity contribution in [1.82, 2.24) is 15.1 Å². The Hall–Kier alpha value is -1.09. The molecule has 1 N–H and O–H groups in total. The summed E-state index contributed by atoms with van der Waals surface area (Å²) in [7, 11) is 0. The highest BCUT2D eigenvalue weighted by atomic mass is 15.3. The molecule has 1 aromatic heterocycles. The van der Waals surface area contributed by atoms with Crippen molar-refractivity contribution in [2.24, 2.45) is 0 Å². The monoisotopic (exact) mass is 249 g/mol. The van der Waals surface area contributed by atoms with Crippen LogP contribution in [0.3, 0.4) is 0 Å². The smallest absolute Gasteiger partial charge is 0.0664 e. The molecule has 1 atom stereocenters. The molecule has 18 heavy (non-hydrogen) atoms. The highest BCUT2D eigenvalue weighted by Crippen LogP contribution is 2.11. The van der Waals surface area contributed by atoms with Crippen LogP contribution in [0.15, 0.2) is 23.9 Å². The third-order valence-corrected chi connectivity index (χ3v) is 3.23. The number of nitrogens with zero attached hydrogens (tertiary/aromatic N) is 2. The van der Waals surface area contributed by atoms with Gasteiger partial charge in [-0.1, -0.05) is 25.5 Å². The van der Waals surface area contributed by atoms with Gasteiger partial charge in [0.15, 0.2) is 0 Å². The van der Waals surface area contributed by atoms with Gasteiger partial charge in [-0.3, -0.25) is 4.68 Å². The van der Waals surface area contributed by atoms with Gasteiger partial charge in [0.25, 0.3) is 0 Å². The second-order valence-electron chi connectivity index (χ2n) is 4.91. The van der Waals surface area contributed by atoms with Crippen LogP contribution in [0.25, 0.3) is 0 Å². The Balaban J connectivity index is 2.44. The maximum absolute atomic E-state index is 4.63. The van der Waals surface area contributed by atoms with Crippen LogP contribution >= 0.6 is 0 Å². The van der Waals surface area contributed by atoms with Gasteiger partial charge in [0.05, 0.1) is 5.69 Å². The minimum absolute atomic E-state index is 0.497. The zero-order valence-corrected chi connectivity index (χ0v) is 12.2. The summed E-state index contributed by atoms with van der Waals surface area (Å²) in [4.78, 5) is 0. The fraction of sp³-hybridized carbons (Fsp3) is 0.667. The summed E-state index contributed by atoms with van der Waals surface area (Å²) >= 11 is 0. The number of rotatable bonds is 8. The van der Waals surface area contributed by atoms with E-state index in [4.69, 9.17) is 0 Å². The van der Waals surface area contributed by atoms with E-state index in [0.717, 1.165) is 32.4 Å². The van der Waals surface area contributed by atoms with E-state index in [0.29, 0.717) is 6.04 Å². The third kappa shape index (κ3) is 5.05. The first-order chi connectivity index (χ1) is 8.67. The fourth-order valence-corrected chi connectivity index (χ4v) is 1.86. The zero-order chi connectivity index (χ0) is 13.4. The molecule has 0 bridgehead atoms. The van der Waals surface area contributed by atoms with Crippen LogP contribution in [0, 0.1) is 0 Å². The average molecular weight is 249 g/mol. The Kier molecular flexibility index (Phi) is 6.73. The predicted octanol–water partition coefficient (Wildman–Crippen LogP) is 3.34. The van der Waals surface area contributed by atoms with Gasteiger partial charge in [-0.2, -0.15) is 5.10 Å². The van der Waals surface area contributed by atoms with Crippen LogP contribution in [-0.4, -0.2) is 22.9 Å². The average Bonchev–Trinajstić information content (AvgIpc) is 2.82. The first kappa shape index (κ1) is 15.0. The predicted molar refractivity (Wildman–Crippen MR) is 77.9 cm³/mol. The van der Waals surface area contributed by atoms with Crippen molar-refractivity contribution in [3.8, 4) is 0 Å². The van der Waals surface area contributed by atoms with E-state index in [2.05, 4.69) is 61.1 Å². The van der Waals surface area contributed by atoms with Gasteiger partial charge in [0.1, 0.15) is 0 Å². The molecule has 1 heterocycles. The van der Waals surface area contributed by atoms with Gasteiger partial charge >= 0.3 is 0 Å². The van der Waals surface area contributed by atoms with Crippen LogP contribution < -0.4 is 5.32 Å². The summed E-state index contributed by atoms with van der Waals surface area (Å²) in [6.45, 7) is 10.8. The maximum atomic E-state index is 4.63. The normalized spacial score (nSPS) is 13.9. The highest BCUT2D eigenvalue weighted by molar-refractivity contribution is 5.12. The van der Waals surface area contributed by atoms with E-state index >= 15 is 0 Å². The number of allylic oxidation sites excluding steroid dienone is 1. The van der Waals surface area contributed by atoms with Gasteiger partial charge in [-0.05, 0) is 45.8 Å². The molecule has 0 spiro atoms. The van der Waals surface area contributed by atoms with E-state index in [1.807, 2.05) is 0 Å². The molecule has 0 amide bonds. The Morgan fingerprint density at radius 3 is 2.94 bits per heavy atom. The molecule has 0 saturated carbocycles. The minimum atomic E-state index is 0.497. The lowest BCUT2D eigenvalue weighted by atomic mass is 10.1. The van der Waals surface area contributed by atoms with Crippen LogP contribution in [-0.2, 0) is 6.42 Å². The van der Waals surface area contributed by atoms with Crippen molar-refractivity contribution in [2.45, 2.75) is 53.0 Å². The van der Waals surface area contributed by atoms with Crippen molar-refractivity contribution in [3.05, 3.63) is 29.6 Å². The molecule has 3 nitrogen and oxygen atoms in total. The highest BCUT2D eigenvalue weighted by Gasteiger charge is 2.04. The fourth-order valence-electron chi connectivity index (χ4n) is 1.86. The Morgan fingerprint density at radius 2 is 2.28 bits per heavy atom. The van der Waals surface area contributed by atoms with Crippen molar-refractivity contribution < 1.29 is 0 Å². The molecule has 0 aliphatic carbocycles. The molecule has 0 radical (unpaired) electrons. The summed E-state index contributed by atoms with van der Waals surface area (Å²) in [5, 5.41) is 7.96. The summed E-state index contributed by atoms with van der Waals surface area (Å²) in [6, 6.07) is 2.63. The van der Waals surface area contributed by atoms with Gasteiger partial charge in [0.2, 0.25) is 0 Å². The lowest BCUT2D eigenvalue weighted by Gasteiger charge is -2.08. The number of nitrogens with one attached hydrogen (secondary N) is 1. The minimum Gasteiger partial charge on any atom is -0.317 e. The summed E-state index contributed by atoms with van der Waals surface area (Å²) < 4.78 is 2.07. The first-order valence-corrected chi connectivity index (χ1v) is 7.07. The van der Waals surface area contributed by atoms with E-state index < -0.39 is 0 Å². The number of hydrogen-bond donors (Lipinski definition) is 1. The second-order valence-corrected chi connectivity index (χ2v) is 4.91. The Morgan fingerprint density at radius 1 is 1.50 bits per heavy atom. The largest absolute Gasteiger partial charge is 0.317 e. The summed E-state index contributed by atoms with van der Waals surface area (Å²) in [5.41, 5.74) is 2.58. The molecule has 0 saturated heterocycles. The molecular formula is C15H27N3. The molecule has 0 aliphatic heterocycles. The first-order valence-electron chi connectivity index (χ1n) is 7.07. The number of hydrogen-bond acceptors (Lipinski definition) is 2. The van der Waals surface area contributed by atoms with Gasteiger partial charge in [-0.15, -0.1) is 0 Å². The molecule has 1 aromatic rings. The van der Waals surface area contributed by atoms with E-state index in [9.17, 15) is 0 Å². The van der Waals surface area contributed by atoms with Crippen molar-refractivity contribution in [3.63, 3.8) is 0 Å². The maximum Gasteiger partial charge on any atom is 0.0664 e. The third-order valence-electron chi connectivity index (χ3n) is 3.23. The second kappa shape index (κ2) is 8.09. The zero-order valence-electron chi connectivity index (χ0n) is 12.2. The molecule has 0 aliphatic rings. The standard InChI is InChI=1S/C15H27N3/c1-5-14(4)18-11-9-15(17-18)12-13(3)8-7-10-16-6-2/h8-9,11,14,16H,5-7,10,12H2,1-4H3. The SMILES string of the molecule is CCNCCC=C(C)Cc1ccn(C(C)CC)n1. The van der Waals surface area contributed by atoms with Crippen molar-refractivity contribution >= 4 is 0 Å². The van der Waals surface area contributed by atoms with Gasteiger partial charge in [0, 0.05) is 18.7 Å². The molecule has 0 fully saturated rings. The van der Waals surface area contributed by atoms with Gasteiger partial charge < -0.3 is 5.32 Å². The lowest BCUT2D eigenvalue weighted by Crippen LogP contribution is -2.13. The Labute approximate surface area is 111 Å². The van der Waals surface area contributed by atoms with Crippen LogP contribution in [0.1, 0.15) is 52.3 Å². The summed E-state index contributed by atoms with van der Waals surface area (Å²) in [6.07, 6.45) is 7.60. The van der Waals surface area contributed by atoms with E-state index in [1.54, 1.807) is 0 Å².